The highest BCUT2D eigenvalue weighted by Crippen LogP contribution is 2.12. The molecule has 0 bridgehead atoms. The highest BCUT2D eigenvalue weighted by Gasteiger charge is 2.21. The van der Waals surface area contributed by atoms with Crippen molar-refractivity contribution in [3.05, 3.63) is 35.4 Å². The molecule has 0 saturated heterocycles. The van der Waals surface area contributed by atoms with Gasteiger partial charge in [-0.1, -0.05) is 24.3 Å². The van der Waals surface area contributed by atoms with Crippen molar-refractivity contribution in [1.82, 2.24) is 4.31 Å². The number of hydrogen-bond donors (Lipinski definition) is 1. The lowest BCUT2D eigenvalue weighted by molar-refractivity contribution is 0.126. The molecule has 0 aliphatic carbocycles. The minimum absolute atomic E-state index is 0.291. The van der Waals surface area contributed by atoms with E-state index in [0.29, 0.717) is 16.4 Å². The summed E-state index contributed by atoms with van der Waals surface area (Å²) in [5.74, 6) is -0.291. The first kappa shape index (κ1) is 15.0. The maximum absolute atomic E-state index is 12.1. The van der Waals surface area contributed by atoms with Gasteiger partial charge in [0.15, 0.2) is 0 Å². The number of halogens is 2. The lowest BCUT2D eigenvalue weighted by atomic mass is 10.1. The highest BCUT2D eigenvalue weighted by atomic mass is 32.2. The molecule has 0 unspecified atom stereocenters. The molecule has 1 aromatic carbocycles. The Labute approximate surface area is 105 Å². The van der Waals surface area contributed by atoms with Gasteiger partial charge in [0.25, 0.3) is 6.43 Å². The van der Waals surface area contributed by atoms with Gasteiger partial charge in [0.05, 0.1) is 12.3 Å². The molecule has 18 heavy (non-hydrogen) atoms. The molecule has 0 aromatic heterocycles. The van der Waals surface area contributed by atoms with Gasteiger partial charge < -0.3 is 5.73 Å². The van der Waals surface area contributed by atoms with Crippen LogP contribution >= 0.6 is 0 Å². The van der Waals surface area contributed by atoms with Gasteiger partial charge in [0, 0.05) is 13.6 Å². The first-order chi connectivity index (χ1) is 8.35. The van der Waals surface area contributed by atoms with Crippen LogP contribution < -0.4 is 5.73 Å². The summed E-state index contributed by atoms with van der Waals surface area (Å²) in [6.07, 6.45) is -2.68. The zero-order valence-corrected chi connectivity index (χ0v) is 10.8. The summed E-state index contributed by atoms with van der Waals surface area (Å²) >= 11 is 0. The van der Waals surface area contributed by atoms with E-state index in [1.807, 2.05) is 0 Å². The van der Waals surface area contributed by atoms with Crippen LogP contribution in [0.15, 0.2) is 24.3 Å². The molecular weight excluding hydrogens is 262 g/mol. The minimum atomic E-state index is -3.71. The van der Waals surface area contributed by atoms with Gasteiger partial charge in [0.1, 0.15) is 0 Å². The van der Waals surface area contributed by atoms with Gasteiger partial charge in [-0.25, -0.2) is 17.2 Å². The molecular formula is C11H16F2N2O2S. The molecule has 0 atom stereocenters. The Hall–Kier alpha value is -1.05. The van der Waals surface area contributed by atoms with Crippen LogP contribution in [0.2, 0.25) is 0 Å². The Balaban J connectivity index is 2.75. The average Bonchev–Trinajstić information content (AvgIpc) is 2.28. The van der Waals surface area contributed by atoms with Crippen molar-refractivity contribution < 1.29 is 17.2 Å². The number of hydrogen-bond acceptors (Lipinski definition) is 3. The monoisotopic (exact) mass is 278 g/mol. The Morgan fingerprint density at radius 2 is 1.72 bits per heavy atom. The molecule has 102 valence electrons. The van der Waals surface area contributed by atoms with Crippen LogP contribution in [-0.2, 0) is 22.3 Å². The molecule has 0 saturated carbocycles. The Kier molecular flexibility index (Phi) is 5.18. The van der Waals surface area contributed by atoms with Crippen molar-refractivity contribution in [1.29, 1.82) is 0 Å². The number of alkyl halides is 2. The second kappa shape index (κ2) is 6.21. The molecule has 0 aliphatic rings. The van der Waals surface area contributed by atoms with Crippen LogP contribution in [0.4, 0.5) is 8.78 Å². The Bertz CT molecular complexity index is 474. The quantitative estimate of drug-likeness (QED) is 0.849. The molecule has 0 fully saturated rings. The van der Waals surface area contributed by atoms with Gasteiger partial charge in [-0.05, 0) is 11.1 Å². The van der Waals surface area contributed by atoms with Crippen molar-refractivity contribution in [2.45, 2.75) is 18.7 Å². The van der Waals surface area contributed by atoms with Crippen molar-refractivity contribution in [3.8, 4) is 0 Å². The third-order valence-corrected chi connectivity index (χ3v) is 4.27. The van der Waals surface area contributed by atoms with Crippen molar-refractivity contribution in [2.24, 2.45) is 5.73 Å². The van der Waals surface area contributed by atoms with Gasteiger partial charge >= 0.3 is 0 Å². The fourth-order valence-corrected chi connectivity index (χ4v) is 2.57. The molecule has 0 amide bonds. The zero-order chi connectivity index (χ0) is 13.8. The molecule has 1 aromatic rings. The van der Waals surface area contributed by atoms with E-state index in [1.165, 1.54) is 0 Å². The van der Waals surface area contributed by atoms with Crippen molar-refractivity contribution in [3.63, 3.8) is 0 Å². The first-order valence-electron chi connectivity index (χ1n) is 5.35. The van der Waals surface area contributed by atoms with E-state index in [-0.39, 0.29) is 5.75 Å². The lowest BCUT2D eigenvalue weighted by Crippen LogP contribution is -2.32. The highest BCUT2D eigenvalue weighted by molar-refractivity contribution is 7.88. The molecule has 1 rings (SSSR count). The van der Waals surface area contributed by atoms with Crippen molar-refractivity contribution in [2.75, 3.05) is 13.6 Å². The van der Waals surface area contributed by atoms with Gasteiger partial charge in [-0.15, -0.1) is 0 Å². The van der Waals surface area contributed by atoms with E-state index in [2.05, 4.69) is 0 Å². The Morgan fingerprint density at radius 3 is 2.17 bits per heavy atom. The summed E-state index contributed by atoms with van der Waals surface area (Å²) in [5, 5.41) is 0. The summed E-state index contributed by atoms with van der Waals surface area (Å²) in [6, 6.07) is 6.71. The van der Waals surface area contributed by atoms with Gasteiger partial charge in [-0.3, -0.25) is 0 Å². The third-order valence-electron chi connectivity index (χ3n) is 2.48. The summed E-state index contributed by atoms with van der Waals surface area (Å²) < 4.78 is 48.5. The van der Waals surface area contributed by atoms with E-state index in [1.54, 1.807) is 24.3 Å². The second-order valence-corrected chi connectivity index (χ2v) is 6.02. The maximum Gasteiger partial charge on any atom is 0.252 e. The molecule has 4 nitrogen and oxygen atoms in total. The van der Waals surface area contributed by atoms with Crippen LogP contribution in [-0.4, -0.2) is 32.7 Å². The molecule has 0 spiro atoms. The number of nitrogens with two attached hydrogens (primary N) is 1. The lowest BCUT2D eigenvalue weighted by Gasteiger charge is -2.16. The van der Waals surface area contributed by atoms with Gasteiger partial charge in [0.2, 0.25) is 10.0 Å². The standard InChI is InChI=1S/C11H16F2N2O2S/c1-15(7-11(12)13)18(16,17)8-10-4-2-9(6-14)3-5-10/h2-5,11H,6-8,14H2,1H3. The summed E-state index contributed by atoms with van der Waals surface area (Å²) in [5.41, 5.74) is 6.86. The van der Waals surface area contributed by atoms with Crippen LogP contribution in [0.5, 0.6) is 0 Å². The molecule has 0 heterocycles. The molecule has 7 heteroatoms. The smallest absolute Gasteiger partial charge is 0.252 e. The number of benzene rings is 1. The SMILES string of the molecule is CN(CC(F)F)S(=O)(=O)Cc1ccc(CN)cc1. The van der Waals surface area contributed by atoms with Gasteiger partial charge in [-0.2, -0.15) is 4.31 Å². The first-order valence-corrected chi connectivity index (χ1v) is 6.96. The average molecular weight is 278 g/mol. The topological polar surface area (TPSA) is 63.4 Å². The molecule has 2 N–H and O–H groups in total. The van der Waals surface area contributed by atoms with Crippen molar-refractivity contribution >= 4 is 10.0 Å². The largest absolute Gasteiger partial charge is 0.326 e. The second-order valence-electron chi connectivity index (χ2n) is 3.95. The number of nitrogens with zero attached hydrogens (tertiary/aromatic N) is 1. The molecule has 0 aliphatic heterocycles. The Morgan fingerprint density at radius 1 is 1.22 bits per heavy atom. The normalized spacial score (nSPS) is 12.3. The van der Waals surface area contributed by atoms with Crippen LogP contribution in [0.25, 0.3) is 0 Å². The van der Waals surface area contributed by atoms with E-state index in [9.17, 15) is 17.2 Å². The minimum Gasteiger partial charge on any atom is -0.326 e. The summed E-state index contributed by atoms with van der Waals surface area (Å²) in [4.78, 5) is 0. The van der Waals surface area contributed by atoms with Crippen LogP contribution in [0.3, 0.4) is 0 Å². The number of sulfonamides is 1. The third kappa shape index (κ3) is 4.32. The van der Waals surface area contributed by atoms with E-state index >= 15 is 0 Å². The zero-order valence-electron chi connectivity index (χ0n) is 10.0. The predicted molar refractivity (Wildman–Crippen MR) is 65.6 cm³/mol. The van der Waals surface area contributed by atoms with E-state index in [4.69, 9.17) is 5.73 Å². The fraction of sp³-hybridized carbons (Fsp3) is 0.455. The van der Waals surface area contributed by atoms with Crippen LogP contribution in [0, 0.1) is 0 Å². The maximum atomic E-state index is 12.1. The van der Waals surface area contributed by atoms with E-state index < -0.39 is 23.0 Å². The number of rotatable bonds is 6. The molecule has 0 radical (unpaired) electrons. The van der Waals surface area contributed by atoms with E-state index in [0.717, 1.165) is 12.6 Å². The summed E-state index contributed by atoms with van der Waals surface area (Å²) in [6.45, 7) is -0.415. The van der Waals surface area contributed by atoms with Crippen LogP contribution in [0.1, 0.15) is 11.1 Å². The predicted octanol–water partition coefficient (Wildman–Crippen LogP) is 1.17. The summed E-state index contributed by atoms with van der Waals surface area (Å²) in [7, 11) is -2.56. The fourth-order valence-electron chi connectivity index (χ4n) is 1.40.